The lowest BCUT2D eigenvalue weighted by molar-refractivity contribution is 0.202. The van der Waals surface area contributed by atoms with E-state index in [2.05, 4.69) is 15.5 Å². The molecule has 22 heavy (non-hydrogen) atoms. The molecule has 1 atom stereocenters. The lowest BCUT2D eigenvalue weighted by Crippen LogP contribution is -2.45. The minimum Gasteiger partial charge on any atom is -0.396 e. The summed E-state index contributed by atoms with van der Waals surface area (Å²) >= 11 is 6.02. The van der Waals surface area contributed by atoms with Gasteiger partial charge in [-0.3, -0.25) is 0 Å². The Morgan fingerprint density at radius 2 is 2.27 bits per heavy atom. The molecule has 1 aliphatic carbocycles. The minimum absolute atomic E-state index is 0.0557. The summed E-state index contributed by atoms with van der Waals surface area (Å²) in [6.07, 6.45) is 2.91. The largest absolute Gasteiger partial charge is 0.396 e. The summed E-state index contributed by atoms with van der Waals surface area (Å²) in [5, 5.41) is 15.9. The summed E-state index contributed by atoms with van der Waals surface area (Å²) < 4.78 is 0. The van der Waals surface area contributed by atoms with E-state index in [0.717, 1.165) is 43.1 Å². The second kappa shape index (κ2) is 6.34. The van der Waals surface area contributed by atoms with Crippen LogP contribution in [0.15, 0.2) is 24.3 Å². The average Bonchev–Trinajstić information content (AvgIpc) is 3.16. The normalized spacial score (nSPS) is 22.5. The summed E-state index contributed by atoms with van der Waals surface area (Å²) in [6, 6.07) is 7.78. The molecule has 3 rings (SSSR count). The highest BCUT2D eigenvalue weighted by molar-refractivity contribution is 6.30. The molecule has 0 spiro atoms. The summed E-state index contributed by atoms with van der Waals surface area (Å²) in [5.74, 6) is 0. The van der Waals surface area contributed by atoms with Crippen molar-refractivity contribution in [3.63, 3.8) is 0 Å². The molecule has 1 saturated heterocycles. The van der Waals surface area contributed by atoms with Gasteiger partial charge in [-0.1, -0.05) is 17.7 Å². The van der Waals surface area contributed by atoms with Crippen LogP contribution in [-0.4, -0.2) is 43.4 Å². The van der Waals surface area contributed by atoms with Crippen LogP contribution in [0.2, 0.25) is 5.02 Å². The number of benzene rings is 1. The highest BCUT2D eigenvalue weighted by Crippen LogP contribution is 2.44. The molecule has 6 heteroatoms. The predicted molar refractivity (Wildman–Crippen MR) is 87.4 cm³/mol. The standard InChI is InChI=1S/C16H22ClN3O2/c17-12-2-1-3-14(8-12)20-7-4-13(9-20)19-15(22)18-10-16(11-21)5-6-16/h1-3,8,13,21H,4-7,9-11H2,(H2,18,19,22). The van der Waals surface area contributed by atoms with Crippen LogP contribution in [0.4, 0.5) is 10.5 Å². The van der Waals surface area contributed by atoms with Gasteiger partial charge in [0.1, 0.15) is 0 Å². The number of nitrogens with zero attached hydrogens (tertiary/aromatic N) is 1. The number of hydrogen-bond acceptors (Lipinski definition) is 3. The number of urea groups is 1. The van der Waals surface area contributed by atoms with Gasteiger partial charge in [-0.05, 0) is 37.5 Å². The van der Waals surface area contributed by atoms with Gasteiger partial charge in [-0.15, -0.1) is 0 Å². The van der Waals surface area contributed by atoms with Crippen molar-refractivity contribution in [2.24, 2.45) is 5.41 Å². The lowest BCUT2D eigenvalue weighted by atomic mass is 10.1. The number of aliphatic hydroxyl groups excluding tert-OH is 1. The first-order valence-electron chi connectivity index (χ1n) is 7.76. The van der Waals surface area contributed by atoms with Crippen molar-refractivity contribution in [3.05, 3.63) is 29.3 Å². The van der Waals surface area contributed by atoms with Crippen LogP contribution in [0.3, 0.4) is 0 Å². The number of carbonyl (C=O) groups is 1. The van der Waals surface area contributed by atoms with Crippen LogP contribution in [0, 0.1) is 5.41 Å². The van der Waals surface area contributed by atoms with E-state index in [0.29, 0.717) is 6.54 Å². The van der Waals surface area contributed by atoms with Crippen LogP contribution in [0.25, 0.3) is 0 Å². The Morgan fingerprint density at radius 1 is 1.45 bits per heavy atom. The molecule has 120 valence electrons. The molecule has 2 amide bonds. The van der Waals surface area contributed by atoms with Gasteiger partial charge in [0.2, 0.25) is 0 Å². The van der Waals surface area contributed by atoms with Crippen LogP contribution in [0.1, 0.15) is 19.3 Å². The zero-order valence-electron chi connectivity index (χ0n) is 12.5. The predicted octanol–water partition coefficient (Wildman–Crippen LogP) is 1.99. The number of amides is 2. The molecule has 0 bridgehead atoms. The molecule has 1 unspecified atom stereocenters. The van der Waals surface area contributed by atoms with Crippen molar-refractivity contribution in [1.82, 2.24) is 10.6 Å². The number of hydrogen-bond donors (Lipinski definition) is 3. The molecule has 1 saturated carbocycles. The second-order valence-corrected chi connectivity index (χ2v) is 6.83. The Labute approximate surface area is 135 Å². The molecular formula is C16H22ClN3O2. The van der Waals surface area contributed by atoms with Gasteiger partial charge in [0, 0.05) is 41.8 Å². The van der Waals surface area contributed by atoms with Gasteiger partial charge in [0.15, 0.2) is 0 Å². The van der Waals surface area contributed by atoms with Crippen LogP contribution in [0.5, 0.6) is 0 Å². The molecule has 2 aliphatic rings. The lowest BCUT2D eigenvalue weighted by Gasteiger charge is -2.20. The minimum atomic E-state index is -0.141. The fourth-order valence-electron chi connectivity index (χ4n) is 2.86. The van der Waals surface area contributed by atoms with Crippen molar-refractivity contribution in [2.45, 2.75) is 25.3 Å². The summed E-state index contributed by atoms with van der Waals surface area (Å²) in [7, 11) is 0. The number of anilines is 1. The number of carbonyl (C=O) groups excluding carboxylic acids is 1. The summed E-state index contributed by atoms with van der Waals surface area (Å²) in [5.41, 5.74) is 1.04. The topological polar surface area (TPSA) is 64.6 Å². The molecule has 2 fully saturated rings. The molecule has 1 aromatic carbocycles. The van der Waals surface area contributed by atoms with E-state index in [1.54, 1.807) is 0 Å². The molecule has 1 aromatic rings. The third kappa shape index (κ3) is 3.65. The van der Waals surface area contributed by atoms with Gasteiger partial charge in [0.05, 0.1) is 6.61 Å². The van der Waals surface area contributed by atoms with E-state index in [-0.39, 0.29) is 24.1 Å². The monoisotopic (exact) mass is 323 g/mol. The second-order valence-electron chi connectivity index (χ2n) is 6.40. The number of nitrogens with one attached hydrogen (secondary N) is 2. The van der Waals surface area contributed by atoms with Crippen molar-refractivity contribution < 1.29 is 9.90 Å². The maximum Gasteiger partial charge on any atom is 0.315 e. The van der Waals surface area contributed by atoms with Crippen LogP contribution < -0.4 is 15.5 Å². The van der Waals surface area contributed by atoms with Crippen LogP contribution in [-0.2, 0) is 0 Å². The van der Waals surface area contributed by atoms with E-state index >= 15 is 0 Å². The summed E-state index contributed by atoms with van der Waals surface area (Å²) in [6.45, 7) is 2.41. The quantitative estimate of drug-likeness (QED) is 0.776. The van der Waals surface area contributed by atoms with E-state index < -0.39 is 0 Å². The number of aliphatic hydroxyl groups is 1. The maximum absolute atomic E-state index is 11.9. The molecule has 1 aliphatic heterocycles. The van der Waals surface area contributed by atoms with E-state index in [1.165, 1.54) is 0 Å². The fourth-order valence-corrected chi connectivity index (χ4v) is 3.04. The molecule has 3 N–H and O–H groups in total. The Kier molecular flexibility index (Phi) is 4.45. The van der Waals surface area contributed by atoms with Gasteiger partial charge >= 0.3 is 6.03 Å². The summed E-state index contributed by atoms with van der Waals surface area (Å²) in [4.78, 5) is 14.2. The fraction of sp³-hybridized carbons (Fsp3) is 0.562. The Bertz CT molecular complexity index is 548. The molecule has 5 nitrogen and oxygen atoms in total. The first-order chi connectivity index (χ1) is 10.6. The zero-order valence-corrected chi connectivity index (χ0v) is 13.3. The Morgan fingerprint density at radius 3 is 2.95 bits per heavy atom. The number of rotatable bonds is 5. The van der Waals surface area contributed by atoms with Gasteiger partial charge < -0.3 is 20.6 Å². The Hall–Kier alpha value is -1.46. The van der Waals surface area contributed by atoms with Crippen molar-refractivity contribution >= 4 is 23.3 Å². The van der Waals surface area contributed by atoms with Gasteiger partial charge in [-0.2, -0.15) is 0 Å². The average molecular weight is 324 g/mol. The molecule has 1 heterocycles. The van der Waals surface area contributed by atoms with E-state index in [1.807, 2.05) is 24.3 Å². The van der Waals surface area contributed by atoms with E-state index in [4.69, 9.17) is 11.6 Å². The Balaban J connectivity index is 1.45. The maximum atomic E-state index is 11.9. The van der Waals surface area contributed by atoms with Gasteiger partial charge in [0.25, 0.3) is 0 Å². The van der Waals surface area contributed by atoms with Gasteiger partial charge in [-0.25, -0.2) is 4.79 Å². The highest BCUT2D eigenvalue weighted by atomic mass is 35.5. The SMILES string of the molecule is O=C(NCC1(CO)CC1)NC1CCN(c2cccc(Cl)c2)C1. The van der Waals surface area contributed by atoms with Crippen molar-refractivity contribution in [2.75, 3.05) is 31.1 Å². The molecular weight excluding hydrogens is 302 g/mol. The number of halogens is 1. The van der Waals surface area contributed by atoms with Crippen molar-refractivity contribution in [1.29, 1.82) is 0 Å². The molecule has 0 aromatic heterocycles. The first-order valence-corrected chi connectivity index (χ1v) is 8.14. The zero-order chi connectivity index (χ0) is 15.6. The highest BCUT2D eigenvalue weighted by Gasteiger charge is 2.42. The smallest absolute Gasteiger partial charge is 0.315 e. The van der Waals surface area contributed by atoms with E-state index in [9.17, 15) is 9.90 Å². The third-order valence-electron chi connectivity index (χ3n) is 4.61. The first kappa shape index (κ1) is 15.4. The molecule has 0 radical (unpaired) electrons. The third-order valence-corrected chi connectivity index (χ3v) is 4.85. The van der Waals surface area contributed by atoms with Crippen LogP contribution >= 0.6 is 11.6 Å². The van der Waals surface area contributed by atoms with Crippen molar-refractivity contribution in [3.8, 4) is 0 Å².